The third-order valence-corrected chi connectivity index (χ3v) is 3.89. The molecule has 0 amide bonds. The number of oxazole rings is 1. The summed E-state index contributed by atoms with van der Waals surface area (Å²) >= 11 is 0. The minimum absolute atomic E-state index is 0.252. The average Bonchev–Trinajstić information content (AvgIpc) is 3.11. The second-order valence-electron chi connectivity index (χ2n) is 5.60. The van der Waals surface area contributed by atoms with Crippen molar-refractivity contribution in [1.29, 1.82) is 0 Å². The van der Waals surface area contributed by atoms with E-state index in [9.17, 15) is 4.39 Å². The predicted octanol–water partition coefficient (Wildman–Crippen LogP) is 2.52. The number of likely N-dealkylation sites (tertiary alicyclic amines) is 1. The van der Waals surface area contributed by atoms with Gasteiger partial charge in [0.1, 0.15) is 12.1 Å². The number of rotatable bonds is 5. The van der Waals surface area contributed by atoms with Crippen LogP contribution < -0.4 is 5.32 Å². The molecule has 0 radical (unpaired) electrons. The van der Waals surface area contributed by atoms with Crippen LogP contribution in [0.4, 0.5) is 4.39 Å². The number of halogens is 1. The minimum Gasteiger partial charge on any atom is -0.444 e. The lowest BCUT2D eigenvalue weighted by molar-refractivity contribution is 0.311. The van der Waals surface area contributed by atoms with Crippen LogP contribution in [0.1, 0.15) is 12.1 Å². The van der Waals surface area contributed by atoms with Crippen molar-refractivity contribution < 1.29 is 8.81 Å². The van der Waals surface area contributed by atoms with Gasteiger partial charge in [-0.3, -0.25) is 4.90 Å². The van der Waals surface area contributed by atoms with E-state index in [4.69, 9.17) is 4.42 Å². The molecule has 0 bridgehead atoms. The molecule has 2 heterocycles. The summed E-state index contributed by atoms with van der Waals surface area (Å²) in [7, 11) is 2.00. The molecule has 3 rings (SSSR count). The Balaban J connectivity index is 1.62. The summed E-state index contributed by atoms with van der Waals surface area (Å²) < 4.78 is 18.4. The first-order valence-electron chi connectivity index (χ1n) is 7.32. The van der Waals surface area contributed by atoms with Gasteiger partial charge in [0.05, 0.1) is 5.69 Å². The predicted molar refractivity (Wildman–Crippen MR) is 79.2 cm³/mol. The van der Waals surface area contributed by atoms with E-state index in [1.807, 2.05) is 7.05 Å². The van der Waals surface area contributed by atoms with E-state index in [2.05, 4.69) is 15.2 Å². The molecule has 1 saturated heterocycles. The molecule has 2 aromatic rings. The molecule has 1 atom stereocenters. The van der Waals surface area contributed by atoms with Crippen LogP contribution in [0.2, 0.25) is 0 Å². The molecule has 4 nitrogen and oxygen atoms in total. The fourth-order valence-corrected chi connectivity index (χ4v) is 2.85. The van der Waals surface area contributed by atoms with E-state index in [1.165, 1.54) is 18.6 Å². The monoisotopic (exact) mass is 289 g/mol. The molecule has 5 heteroatoms. The van der Waals surface area contributed by atoms with Crippen LogP contribution in [-0.4, -0.2) is 36.6 Å². The van der Waals surface area contributed by atoms with Gasteiger partial charge in [-0.1, -0.05) is 0 Å². The van der Waals surface area contributed by atoms with Crippen molar-refractivity contribution in [2.24, 2.45) is 5.92 Å². The Morgan fingerprint density at radius 3 is 2.95 bits per heavy atom. The van der Waals surface area contributed by atoms with Crippen LogP contribution in [0.3, 0.4) is 0 Å². The highest BCUT2D eigenvalue weighted by Crippen LogP contribution is 2.22. The van der Waals surface area contributed by atoms with E-state index < -0.39 is 0 Å². The molecule has 1 aromatic heterocycles. The van der Waals surface area contributed by atoms with Crippen LogP contribution in [-0.2, 0) is 6.54 Å². The third kappa shape index (κ3) is 3.49. The summed E-state index contributed by atoms with van der Waals surface area (Å²) in [6.45, 7) is 4.08. The first-order chi connectivity index (χ1) is 10.2. The van der Waals surface area contributed by atoms with Gasteiger partial charge < -0.3 is 9.73 Å². The van der Waals surface area contributed by atoms with E-state index in [0.29, 0.717) is 5.89 Å². The summed E-state index contributed by atoms with van der Waals surface area (Å²) in [4.78, 5) is 6.90. The van der Waals surface area contributed by atoms with E-state index in [0.717, 1.165) is 43.4 Å². The number of hydrogen-bond donors (Lipinski definition) is 1. The standard InChI is InChI=1S/C16H20FN3O/c1-18-8-12-6-7-20(9-12)10-15-11-21-16(19-15)13-2-4-14(17)5-3-13/h2-5,11-12,18H,6-10H2,1H3. The Labute approximate surface area is 124 Å². The average molecular weight is 289 g/mol. The lowest BCUT2D eigenvalue weighted by atomic mass is 10.1. The molecule has 1 unspecified atom stereocenters. The highest BCUT2D eigenvalue weighted by molar-refractivity contribution is 5.52. The number of aromatic nitrogens is 1. The number of nitrogens with one attached hydrogen (secondary N) is 1. The second-order valence-corrected chi connectivity index (χ2v) is 5.60. The van der Waals surface area contributed by atoms with E-state index in [-0.39, 0.29) is 5.82 Å². The Morgan fingerprint density at radius 2 is 2.19 bits per heavy atom. The molecule has 1 fully saturated rings. The molecule has 1 aromatic carbocycles. The van der Waals surface area contributed by atoms with Gasteiger partial charge >= 0.3 is 0 Å². The SMILES string of the molecule is CNCC1CCN(Cc2coc(-c3ccc(F)cc3)n2)C1. The van der Waals surface area contributed by atoms with Gasteiger partial charge in [-0.15, -0.1) is 0 Å². The summed E-state index contributed by atoms with van der Waals surface area (Å²) in [6, 6.07) is 6.21. The van der Waals surface area contributed by atoms with Gasteiger partial charge in [0.2, 0.25) is 5.89 Å². The Bertz CT molecular complexity index is 581. The molecule has 1 aliphatic heterocycles. The van der Waals surface area contributed by atoms with Gasteiger partial charge in [0.25, 0.3) is 0 Å². The van der Waals surface area contributed by atoms with Gasteiger partial charge in [-0.2, -0.15) is 0 Å². The number of hydrogen-bond acceptors (Lipinski definition) is 4. The third-order valence-electron chi connectivity index (χ3n) is 3.89. The summed E-state index contributed by atoms with van der Waals surface area (Å²) in [5, 5.41) is 3.23. The van der Waals surface area contributed by atoms with Crippen LogP contribution in [0.5, 0.6) is 0 Å². The Hall–Kier alpha value is -1.72. The van der Waals surface area contributed by atoms with Crippen molar-refractivity contribution in [3.63, 3.8) is 0 Å². The number of benzene rings is 1. The van der Waals surface area contributed by atoms with Crippen LogP contribution >= 0.6 is 0 Å². The van der Waals surface area contributed by atoms with Gasteiger partial charge in [-0.25, -0.2) is 9.37 Å². The van der Waals surface area contributed by atoms with E-state index >= 15 is 0 Å². The molecular weight excluding hydrogens is 269 g/mol. The molecule has 21 heavy (non-hydrogen) atoms. The van der Waals surface area contributed by atoms with Gasteiger partial charge in [-0.05, 0) is 56.7 Å². The molecule has 1 N–H and O–H groups in total. The highest BCUT2D eigenvalue weighted by atomic mass is 19.1. The zero-order chi connectivity index (χ0) is 14.7. The fraction of sp³-hybridized carbons (Fsp3) is 0.438. The summed E-state index contributed by atoms with van der Waals surface area (Å²) in [5.74, 6) is 1.02. The van der Waals surface area contributed by atoms with Gasteiger partial charge in [0, 0.05) is 18.7 Å². The molecule has 112 valence electrons. The van der Waals surface area contributed by atoms with Crippen molar-refractivity contribution in [2.45, 2.75) is 13.0 Å². The highest BCUT2D eigenvalue weighted by Gasteiger charge is 2.22. The topological polar surface area (TPSA) is 41.3 Å². The second kappa shape index (κ2) is 6.37. The van der Waals surface area contributed by atoms with Crippen molar-refractivity contribution in [3.05, 3.63) is 42.0 Å². The molecule has 0 spiro atoms. The van der Waals surface area contributed by atoms with Crippen molar-refractivity contribution >= 4 is 0 Å². The minimum atomic E-state index is -0.252. The molecular formula is C16H20FN3O. The first-order valence-corrected chi connectivity index (χ1v) is 7.32. The molecule has 0 saturated carbocycles. The largest absolute Gasteiger partial charge is 0.444 e. The number of nitrogens with zero attached hydrogens (tertiary/aromatic N) is 2. The van der Waals surface area contributed by atoms with Crippen LogP contribution in [0.15, 0.2) is 34.9 Å². The fourth-order valence-electron chi connectivity index (χ4n) is 2.85. The summed E-state index contributed by atoms with van der Waals surface area (Å²) in [5.41, 5.74) is 1.73. The quantitative estimate of drug-likeness (QED) is 0.918. The molecule has 1 aliphatic rings. The lowest BCUT2D eigenvalue weighted by Gasteiger charge is -2.13. The van der Waals surface area contributed by atoms with Crippen LogP contribution in [0.25, 0.3) is 11.5 Å². The first kappa shape index (κ1) is 14.2. The normalized spacial score (nSPS) is 19.2. The Morgan fingerprint density at radius 1 is 1.38 bits per heavy atom. The Kier molecular flexibility index (Phi) is 4.31. The maximum absolute atomic E-state index is 12.9. The van der Waals surface area contributed by atoms with Crippen molar-refractivity contribution in [1.82, 2.24) is 15.2 Å². The van der Waals surface area contributed by atoms with Crippen molar-refractivity contribution in [3.8, 4) is 11.5 Å². The zero-order valence-electron chi connectivity index (χ0n) is 12.2. The van der Waals surface area contributed by atoms with Crippen molar-refractivity contribution in [2.75, 3.05) is 26.7 Å². The maximum atomic E-state index is 12.9. The maximum Gasteiger partial charge on any atom is 0.226 e. The summed E-state index contributed by atoms with van der Waals surface area (Å²) in [6.07, 6.45) is 2.92. The molecule has 0 aliphatic carbocycles. The van der Waals surface area contributed by atoms with E-state index in [1.54, 1.807) is 18.4 Å². The smallest absolute Gasteiger partial charge is 0.226 e. The lowest BCUT2D eigenvalue weighted by Crippen LogP contribution is -2.24. The van der Waals surface area contributed by atoms with Gasteiger partial charge in [0.15, 0.2) is 0 Å². The zero-order valence-corrected chi connectivity index (χ0v) is 12.2. The van der Waals surface area contributed by atoms with Crippen LogP contribution in [0, 0.1) is 11.7 Å².